The van der Waals surface area contributed by atoms with Crippen LogP contribution in [0.25, 0.3) is 0 Å². The van der Waals surface area contributed by atoms with Gasteiger partial charge in [0.05, 0.1) is 5.56 Å². The van der Waals surface area contributed by atoms with Crippen LogP contribution in [0.1, 0.15) is 29.0 Å². The molecule has 1 fully saturated rings. The summed E-state index contributed by atoms with van der Waals surface area (Å²) in [4.78, 5) is 23.8. The van der Waals surface area contributed by atoms with Gasteiger partial charge in [-0.3, -0.25) is 4.79 Å². The van der Waals surface area contributed by atoms with Crippen molar-refractivity contribution in [3.05, 3.63) is 71.3 Å². The fourth-order valence-electron chi connectivity index (χ4n) is 3.13. The number of carbonyl (C=O) groups excluding carboxylic acids is 1. The maximum absolute atomic E-state index is 12.8. The van der Waals surface area contributed by atoms with Gasteiger partial charge >= 0.3 is 12.1 Å². The number of alkyl halides is 3. The Balaban J connectivity index is 1.64. The van der Waals surface area contributed by atoms with Crippen molar-refractivity contribution < 1.29 is 27.9 Å². The van der Waals surface area contributed by atoms with Crippen LogP contribution in [0.4, 0.5) is 13.2 Å². The maximum Gasteiger partial charge on any atom is 0.416 e. The van der Waals surface area contributed by atoms with E-state index in [4.69, 9.17) is 0 Å². The largest absolute Gasteiger partial charge is 0.480 e. The van der Waals surface area contributed by atoms with E-state index in [0.29, 0.717) is 12.0 Å². The summed E-state index contributed by atoms with van der Waals surface area (Å²) in [7, 11) is 0. The van der Waals surface area contributed by atoms with Gasteiger partial charge in [-0.05, 0) is 29.5 Å². The van der Waals surface area contributed by atoms with Crippen LogP contribution in [0.15, 0.2) is 54.6 Å². The van der Waals surface area contributed by atoms with Crippen molar-refractivity contribution in [3.63, 3.8) is 0 Å². The minimum atomic E-state index is -4.44. The van der Waals surface area contributed by atoms with Gasteiger partial charge in [-0.2, -0.15) is 13.2 Å². The average Bonchev–Trinajstić information content (AvgIpc) is 3.42. The molecule has 0 radical (unpaired) electrons. The number of aliphatic carboxylic acids is 1. The number of halogens is 3. The molecule has 0 saturated heterocycles. The van der Waals surface area contributed by atoms with Gasteiger partial charge in [0, 0.05) is 12.3 Å². The molecular formula is C20H18F3NO3. The lowest BCUT2D eigenvalue weighted by Crippen LogP contribution is -2.43. The number of carboxylic acid groups (broad SMARTS) is 1. The predicted octanol–water partition coefficient (Wildman–Crippen LogP) is 3.62. The number of hydrogen-bond donors (Lipinski definition) is 2. The molecule has 1 amide bonds. The highest BCUT2D eigenvalue weighted by Crippen LogP contribution is 2.48. The summed E-state index contributed by atoms with van der Waals surface area (Å²) in [5.74, 6) is -2.42. The first-order chi connectivity index (χ1) is 12.8. The van der Waals surface area contributed by atoms with Crippen LogP contribution in [0, 0.1) is 5.92 Å². The Morgan fingerprint density at radius 3 is 2.44 bits per heavy atom. The minimum absolute atomic E-state index is 0.142. The molecule has 142 valence electrons. The fourth-order valence-corrected chi connectivity index (χ4v) is 3.13. The summed E-state index contributed by atoms with van der Waals surface area (Å²) in [6.07, 6.45) is -3.89. The number of amides is 1. The molecular weight excluding hydrogens is 359 g/mol. The Morgan fingerprint density at radius 2 is 1.81 bits per heavy atom. The van der Waals surface area contributed by atoms with Crippen molar-refractivity contribution in [3.8, 4) is 0 Å². The van der Waals surface area contributed by atoms with Gasteiger partial charge in [0.2, 0.25) is 5.91 Å². The van der Waals surface area contributed by atoms with E-state index in [1.807, 2.05) is 6.07 Å². The van der Waals surface area contributed by atoms with E-state index >= 15 is 0 Å². The van der Waals surface area contributed by atoms with Crippen molar-refractivity contribution in [1.29, 1.82) is 0 Å². The minimum Gasteiger partial charge on any atom is -0.480 e. The summed E-state index contributed by atoms with van der Waals surface area (Å²) in [5.41, 5.74) is 0.467. The summed E-state index contributed by atoms with van der Waals surface area (Å²) in [6, 6.07) is 12.7. The van der Waals surface area contributed by atoms with E-state index in [2.05, 4.69) is 5.32 Å². The molecule has 0 aromatic heterocycles. The van der Waals surface area contributed by atoms with Crippen LogP contribution in [-0.2, 0) is 22.2 Å². The standard InChI is InChI=1S/C20H18F3NO3/c21-20(22,23)14-8-4-7-13(10-14)15-11-16(15)18(25)24-17(19(26)27)9-12-5-2-1-3-6-12/h1-8,10,15-17H,9,11H2,(H,24,25)(H,26,27)/t15?,16?,17-/m1/s1. The molecule has 0 spiro atoms. The molecule has 1 aliphatic carbocycles. The van der Waals surface area contributed by atoms with Gasteiger partial charge < -0.3 is 10.4 Å². The SMILES string of the molecule is O=C(N[C@H](Cc1ccccc1)C(=O)O)C1CC1c1cccc(C(F)(F)F)c1. The Kier molecular flexibility index (Phi) is 5.21. The average molecular weight is 377 g/mol. The zero-order valence-corrected chi connectivity index (χ0v) is 14.2. The van der Waals surface area contributed by atoms with Crippen LogP contribution >= 0.6 is 0 Å². The van der Waals surface area contributed by atoms with Gasteiger partial charge in [-0.25, -0.2) is 4.79 Å². The number of nitrogens with one attached hydrogen (secondary N) is 1. The van der Waals surface area contributed by atoms with Crippen LogP contribution < -0.4 is 5.32 Å². The van der Waals surface area contributed by atoms with Crippen molar-refractivity contribution in [2.24, 2.45) is 5.92 Å². The van der Waals surface area contributed by atoms with E-state index in [0.717, 1.165) is 17.7 Å². The first-order valence-electron chi connectivity index (χ1n) is 8.50. The molecule has 0 heterocycles. The molecule has 2 N–H and O–H groups in total. The third-order valence-electron chi connectivity index (χ3n) is 4.67. The molecule has 1 saturated carbocycles. The number of carboxylic acids is 1. The molecule has 27 heavy (non-hydrogen) atoms. The fraction of sp³-hybridized carbons (Fsp3) is 0.300. The number of rotatable bonds is 6. The van der Waals surface area contributed by atoms with E-state index in [1.165, 1.54) is 6.07 Å². The van der Waals surface area contributed by atoms with Crippen LogP contribution in [0.2, 0.25) is 0 Å². The highest BCUT2D eigenvalue weighted by molar-refractivity contribution is 5.87. The van der Waals surface area contributed by atoms with E-state index in [-0.39, 0.29) is 12.3 Å². The second-order valence-electron chi connectivity index (χ2n) is 6.66. The number of hydrogen-bond acceptors (Lipinski definition) is 2. The Labute approximate surface area is 154 Å². The molecule has 3 rings (SSSR count). The summed E-state index contributed by atoms with van der Waals surface area (Å²) >= 11 is 0. The Morgan fingerprint density at radius 1 is 1.11 bits per heavy atom. The smallest absolute Gasteiger partial charge is 0.416 e. The third kappa shape index (κ3) is 4.67. The van der Waals surface area contributed by atoms with Gasteiger partial charge in [0.1, 0.15) is 6.04 Å². The molecule has 2 unspecified atom stereocenters. The highest BCUT2D eigenvalue weighted by Gasteiger charge is 2.45. The van der Waals surface area contributed by atoms with Gasteiger partial charge in [-0.1, -0.05) is 48.5 Å². The summed E-state index contributed by atoms with van der Waals surface area (Å²) in [5, 5.41) is 11.9. The van der Waals surface area contributed by atoms with Crippen LogP contribution in [-0.4, -0.2) is 23.0 Å². The van der Waals surface area contributed by atoms with Crippen LogP contribution in [0.3, 0.4) is 0 Å². The monoisotopic (exact) mass is 377 g/mol. The van der Waals surface area contributed by atoms with Gasteiger partial charge in [0.15, 0.2) is 0 Å². The van der Waals surface area contributed by atoms with E-state index in [9.17, 15) is 27.9 Å². The maximum atomic E-state index is 12.8. The van der Waals surface area contributed by atoms with E-state index < -0.39 is 35.6 Å². The first kappa shape index (κ1) is 18.9. The van der Waals surface area contributed by atoms with Crippen LogP contribution in [0.5, 0.6) is 0 Å². The normalized spacial score (nSPS) is 20.0. The second kappa shape index (κ2) is 7.42. The molecule has 1 aliphatic rings. The van der Waals surface area contributed by atoms with Crippen molar-refractivity contribution >= 4 is 11.9 Å². The lowest BCUT2D eigenvalue weighted by Gasteiger charge is -2.15. The number of benzene rings is 2. The second-order valence-corrected chi connectivity index (χ2v) is 6.66. The zero-order chi connectivity index (χ0) is 19.6. The summed E-state index contributed by atoms with van der Waals surface area (Å²) < 4.78 is 38.5. The zero-order valence-electron chi connectivity index (χ0n) is 14.2. The Hall–Kier alpha value is -2.83. The Bertz CT molecular complexity index is 836. The van der Waals surface area contributed by atoms with Crippen molar-refractivity contribution in [2.75, 3.05) is 0 Å². The molecule has 3 atom stereocenters. The molecule has 0 bridgehead atoms. The van der Waals surface area contributed by atoms with Gasteiger partial charge in [0.25, 0.3) is 0 Å². The van der Waals surface area contributed by atoms with Crippen molar-refractivity contribution in [2.45, 2.75) is 31.0 Å². The lowest BCUT2D eigenvalue weighted by molar-refractivity contribution is -0.142. The first-order valence-corrected chi connectivity index (χ1v) is 8.50. The lowest BCUT2D eigenvalue weighted by atomic mass is 10.0. The highest BCUT2D eigenvalue weighted by atomic mass is 19.4. The molecule has 7 heteroatoms. The quantitative estimate of drug-likeness (QED) is 0.808. The van der Waals surface area contributed by atoms with Crippen molar-refractivity contribution in [1.82, 2.24) is 5.32 Å². The van der Waals surface area contributed by atoms with E-state index in [1.54, 1.807) is 30.3 Å². The molecule has 4 nitrogen and oxygen atoms in total. The molecule has 2 aromatic rings. The molecule has 0 aliphatic heterocycles. The predicted molar refractivity (Wildman–Crippen MR) is 92.0 cm³/mol. The summed E-state index contributed by atoms with van der Waals surface area (Å²) in [6.45, 7) is 0. The topological polar surface area (TPSA) is 66.4 Å². The third-order valence-corrected chi connectivity index (χ3v) is 4.67. The van der Waals surface area contributed by atoms with Gasteiger partial charge in [-0.15, -0.1) is 0 Å². The molecule has 2 aromatic carbocycles. The number of carbonyl (C=O) groups is 2.